The van der Waals surface area contributed by atoms with Crippen molar-refractivity contribution in [2.45, 2.75) is 26.7 Å². The zero-order valence-electron chi connectivity index (χ0n) is 16.0. The Balaban J connectivity index is 1.67. The molecule has 0 bridgehead atoms. The second-order valence-corrected chi connectivity index (χ2v) is 6.93. The van der Waals surface area contributed by atoms with Crippen LogP contribution in [-0.4, -0.2) is 22.4 Å². The van der Waals surface area contributed by atoms with Crippen LogP contribution in [0.1, 0.15) is 34.2 Å². The van der Waals surface area contributed by atoms with Crippen molar-refractivity contribution in [3.8, 4) is 0 Å². The van der Waals surface area contributed by atoms with Gasteiger partial charge in [-0.2, -0.15) is 0 Å². The summed E-state index contributed by atoms with van der Waals surface area (Å²) in [5.74, 6) is 0.195. The maximum atomic E-state index is 12.7. The molecule has 0 unspecified atom stereocenters. The van der Waals surface area contributed by atoms with E-state index in [1.807, 2.05) is 55.5 Å². The highest BCUT2D eigenvalue weighted by Crippen LogP contribution is 2.17. The number of hydrogen-bond donors (Lipinski definition) is 2. The van der Waals surface area contributed by atoms with E-state index in [0.717, 1.165) is 40.4 Å². The van der Waals surface area contributed by atoms with Crippen LogP contribution in [0.2, 0.25) is 5.02 Å². The quantitative estimate of drug-likeness (QED) is 0.597. The summed E-state index contributed by atoms with van der Waals surface area (Å²) in [6, 6.07) is 17.2. The summed E-state index contributed by atoms with van der Waals surface area (Å²) in [6.45, 7) is 4.55. The smallest absolute Gasteiger partial charge is 0.274 e. The lowest BCUT2D eigenvalue weighted by Crippen LogP contribution is -2.17. The molecule has 3 rings (SSSR count). The number of nitrogens with one attached hydrogen (secondary N) is 2. The van der Waals surface area contributed by atoms with Crippen molar-refractivity contribution in [1.29, 1.82) is 0 Å². The molecule has 0 atom stereocenters. The van der Waals surface area contributed by atoms with E-state index in [1.165, 1.54) is 0 Å². The van der Waals surface area contributed by atoms with E-state index < -0.39 is 0 Å². The minimum Gasteiger partial charge on any atom is -0.354 e. The maximum Gasteiger partial charge on any atom is 0.274 e. The van der Waals surface area contributed by atoms with Crippen molar-refractivity contribution in [2.75, 3.05) is 17.2 Å². The molecule has 0 fully saturated rings. The predicted molar refractivity (Wildman–Crippen MR) is 114 cm³/mol. The number of para-hydroxylation sites is 1. The van der Waals surface area contributed by atoms with E-state index in [9.17, 15) is 4.79 Å². The molecule has 1 amide bonds. The minimum atomic E-state index is -0.246. The monoisotopic (exact) mass is 394 g/mol. The van der Waals surface area contributed by atoms with Gasteiger partial charge < -0.3 is 10.6 Å². The third-order valence-electron chi connectivity index (χ3n) is 4.32. The van der Waals surface area contributed by atoms with Gasteiger partial charge in [-0.3, -0.25) is 4.79 Å². The Morgan fingerprint density at radius 2 is 1.89 bits per heavy atom. The first-order valence-electron chi connectivity index (χ1n) is 9.28. The molecule has 2 aromatic carbocycles. The van der Waals surface area contributed by atoms with E-state index in [2.05, 4.69) is 27.5 Å². The van der Waals surface area contributed by atoms with Crippen molar-refractivity contribution >= 4 is 29.1 Å². The number of benzene rings is 2. The lowest BCUT2D eigenvalue weighted by atomic mass is 10.1. The number of hydrogen-bond acceptors (Lipinski definition) is 4. The summed E-state index contributed by atoms with van der Waals surface area (Å²) in [7, 11) is 0. The van der Waals surface area contributed by atoms with Crippen molar-refractivity contribution in [3.05, 3.63) is 82.1 Å². The highest BCUT2D eigenvalue weighted by molar-refractivity contribution is 6.30. The lowest BCUT2D eigenvalue weighted by Gasteiger charge is -2.11. The summed E-state index contributed by atoms with van der Waals surface area (Å²) in [5.41, 5.74) is 4.09. The fourth-order valence-corrected chi connectivity index (χ4v) is 3.12. The summed E-state index contributed by atoms with van der Waals surface area (Å²) < 4.78 is 0. The van der Waals surface area contributed by atoms with E-state index in [4.69, 9.17) is 11.6 Å². The van der Waals surface area contributed by atoms with Crippen molar-refractivity contribution in [2.24, 2.45) is 0 Å². The molecule has 1 heterocycles. The molecule has 0 saturated carbocycles. The number of aryl methyl sites for hydroxylation is 2. The van der Waals surface area contributed by atoms with Gasteiger partial charge in [-0.25, -0.2) is 9.97 Å². The number of halogens is 1. The first-order chi connectivity index (χ1) is 13.5. The van der Waals surface area contributed by atoms with Crippen LogP contribution in [0.15, 0.2) is 54.6 Å². The molecule has 0 aliphatic rings. The van der Waals surface area contributed by atoms with Gasteiger partial charge in [0, 0.05) is 22.9 Å². The molecule has 0 aliphatic heterocycles. The van der Waals surface area contributed by atoms with Crippen LogP contribution in [-0.2, 0) is 12.8 Å². The Hall–Kier alpha value is -2.92. The lowest BCUT2D eigenvalue weighted by molar-refractivity contribution is 0.102. The molecule has 3 aromatic rings. The molecular weight excluding hydrogens is 372 g/mol. The Bertz CT molecular complexity index is 974. The second kappa shape index (κ2) is 9.33. The second-order valence-electron chi connectivity index (χ2n) is 6.49. The number of rotatable bonds is 7. The number of carbonyl (C=O) groups excluding carboxylic acids is 1. The van der Waals surface area contributed by atoms with Gasteiger partial charge in [0.05, 0.1) is 0 Å². The van der Waals surface area contributed by atoms with Gasteiger partial charge in [0.1, 0.15) is 5.69 Å². The number of aromatic nitrogens is 2. The van der Waals surface area contributed by atoms with E-state index in [-0.39, 0.29) is 5.91 Å². The first kappa shape index (κ1) is 19.8. The molecule has 2 N–H and O–H groups in total. The zero-order valence-corrected chi connectivity index (χ0v) is 16.8. The minimum absolute atomic E-state index is 0.246. The molecule has 1 aromatic heterocycles. The van der Waals surface area contributed by atoms with Crippen molar-refractivity contribution in [1.82, 2.24) is 9.97 Å². The Labute approximate surface area is 170 Å². The number of amides is 1. The van der Waals surface area contributed by atoms with Crippen molar-refractivity contribution in [3.63, 3.8) is 0 Å². The van der Waals surface area contributed by atoms with Crippen molar-refractivity contribution < 1.29 is 4.79 Å². The van der Waals surface area contributed by atoms with Gasteiger partial charge in [-0.15, -0.1) is 0 Å². The summed E-state index contributed by atoms with van der Waals surface area (Å²) in [6.07, 6.45) is 1.62. The molecule has 0 spiro atoms. The summed E-state index contributed by atoms with van der Waals surface area (Å²) in [5, 5.41) is 6.86. The Morgan fingerprint density at radius 1 is 1.07 bits per heavy atom. The van der Waals surface area contributed by atoms with Crippen LogP contribution in [0.3, 0.4) is 0 Å². The van der Waals surface area contributed by atoms with Crippen LogP contribution in [0, 0.1) is 6.92 Å². The molecule has 5 nitrogen and oxygen atoms in total. The van der Waals surface area contributed by atoms with E-state index in [0.29, 0.717) is 18.2 Å². The first-order valence-corrected chi connectivity index (χ1v) is 9.66. The van der Waals surface area contributed by atoms with Gasteiger partial charge >= 0.3 is 0 Å². The van der Waals surface area contributed by atoms with Gasteiger partial charge in [-0.05, 0) is 55.2 Å². The molecule has 0 radical (unpaired) electrons. The average Bonchev–Trinajstić information content (AvgIpc) is 2.68. The largest absolute Gasteiger partial charge is 0.354 e. The molecular formula is C22H23ClN4O. The normalized spacial score (nSPS) is 10.5. The van der Waals surface area contributed by atoms with Gasteiger partial charge in [-0.1, -0.05) is 48.9 Å². The third kappa shape index (κ3) is 5.30. The predicted octanol–water partition coefficient (Wildman–Crippen LogP) is 4.91. The van der Waals surface area contributed by atoms with E-state index >= 15 is 0 Å². The molecule has 144 valence electrons. The van der Waals surface area contributed by atoms with Crippen LogP contribution in [0.25, 0.3) is 0 Å². The van der Waals surface area contributed by atoms with Gasteiger partial charge in [0.15, 0.2) is 0 Å². The number of carbonyl (C=O) groups is 1. The average molecular weight is 395 g/mol. The fraction of sp³-hybridized carbons (Fsp3) is 0.227. The Morgan fingerprint density at radius 3 is 2.68 bits per heavy atom. The van der Waals surface area contributed by atoms with Crippen LogP contribution >= 0.6 is 11.6 Å². The SMILES string of the molecule is CCc1ccccc1NC(=O)c1cc(C)nc(NCCc2cccc(Cl)c2)n1. The van der Waals surface area contributed by atoms with Gasteiger partial charge in [0.2, 0.25) is 5.95 Å². The molecule has 0 saturated heterocycles. The number of anilines is 2. The fourth-order valence-electron chi connectivity index (χ4n) is 2.91. The van der Waals surface area contributed by atoms with Gasteiger partial charge in [0.25, 0.3) is 5.91 Å². The van der Waals surface area contributed by atoms with E-state index in [1.54, 1.807) is 6.07 Å². The standard InChI is InChI=1S/C22H23ClN4O/c1-3-17-8-4-5-10-19(17)26-21(28)20-13-15(2)25-22(27-20)24-12-11-16-7-6-9-18(23)14-16/h4-10,13-14H,3,11-12H2,1-2H3,(H,26,28)(H,24,25,27). The molecule has 0 aliphatic carbocycles. The highest BCUT2D eigenvalue weighted by Gasteiger charge is 2.12. The topological polar surface area (TPSA) is 66.9 Å². The molecule has 28 heavy (non-hydrogen) atoms. The molecule has 6 heteroatoms. The number of nitrogens with zero attached hydrogens (tertiary/aromatic N) is 2. The Kier molecular flexibility index (Phi) is 6.61. The zero-order chi connectivity index (χ0) is 19.9. The van der Waals surface area contributed by atoms with Crippen LogP contribution in [0.4, 0.5) is 11.6 Å². The van der Waals surface area contributed by atoms with Crippen LogP contribution < -0.4 is 10.6 Å². The summed E-state index contributed by atoms with van der Waals surface area (Å²) in [4.78, 5) is 21.4. The summed E-state index contributed by atoms with van der Waals surface area (Å²) >= 11 is 6.02. The maximum absolute atomic E-state index is 12.7. The highest BCUT2D eigenvalue weighted by atomic mass is 35.5. The third-order valence-corrected chi connectivity index (χ3v) is 4.55. The van der Waals surface area contributed by atoms with Crippen LogP contribution in [0.5, 0.6) is 0 Å².